The first kappa shape index (κ1) is 11.0. The molecule has 16 heavy (non-hydrogen) atoms. The van der Waals surface area contributed by atoms with Gasteiger partial charge in [-0.15, -0.1) is 11.3 Å². The fraction of sp³-hybridized carbons (Fsp3) is 0.154. The molecule has 3 heteroatoms. The van der Waals surface area contributed by atoms with Crippen molar-refractivity contribution >= 4 is 17.1 Å². The molecule has 0 atom stereocenters. The lowest BCUT2D eigenvalue weighted by Gasteiger charge is -2.04. The van der Waals surface area contributed by atoms with Gasteiger partial charge in [-0.1, -0.05) is 6.07 Å². The van der Waals surface area contributed by atoms with Crippen molar-refractivity contribution in [2.75, 3.05) is 0 Å². The molecule has 0 radical (unpaired) electrons. The minimum Gasteiger partial charge on any atom is -0.288 e. The average Bonchev–Trinajstić information content (AvgIpc) is 2.77. The van der Waals surface area contributed by atoms with E-state index in [0.717, 1.165) is 0 Å². The molecule has 82 valence electrons. The minimum atomic E-state index is -0.234. The summed E-state index contributed by atoms with van der Waals surface area (Å²) in [4.78, 5) is 12.7. The second-order valence-electron chi connectivity index (χ2n) is 3.73. The molecule has 1 heterocycles. The highest BCUT2D eigenvalue weighted by atomic mass is 32.1. The number of hydrogen-bond acceptors (Lipinski definition) is 2. The van der Waals surface area contributed by atoms with Crippen LogP contribution in [0.5, 0.6) is 0 Å². The van der Waals surface area contributed by atoms with Crippen LogP contribution in [0.15, 0.2) is 29.6 Å². The SMILES string of the molecule is Cc1cc(C(=O)c2cccs2)cc(C)c1F. The molecule has 0 amide bonds. The second kappa shape index (κ2) is 4.18. The highest BCUT2D eigenvalue weighted by Gasteiger charge is 2.13. The molecule has 0 spiro atoms. The number of aryl methyl sites for hydroxylation is 2. The molecule has 0 saturated heterocycles. The van der Waals surface area contributed by atoms with Gasteiger partial charge >= 0.3 is 0 Å². The highest BCUT2D eigenvalue weighted by molar-refractivity contribution is 7.12. The number of carbonyl (C=O) groups excluding carboxylic acids is 1. The van der Waals surface area contributed by atoms with Gasteiger partial charge in [0, 0.05) is 5.56 Å². The Hall–Kier alpha value is -1.48. The van der Waals surface area contributed by atoms with Gasteiger partial charge in [0.2, 0.25) is 5.78 Å². The first-order valence-corrected chi connectivity index (χ1v) is 5.82. The average molecular weight is 234 g/mol. The maximum absolute atomic E-state index is 13.4. The maximum atomic E-state index is 13.4. The summed E-state index contributed by atoms with van der Waals surface area (Å²) in [6.07, 6.45) is 0. The zero-order valence-corrected chi connectivity index (χ0v) is 9.90. The summed E-state index contributed by atoms with van der Waals surface area (Å²) in [5.74, 6) is -0.274. The first-order chi connectivity index (χ1) is 7.59. The Labute approximate surface area is 97.6 Å². The summed E-state index contributed by atoms with van der Waals surface area (Å²) in [5, 5.41) is 1.86. The molecule has 2 aromatic rings. The van der Waals surface area contributed by atoms with Gasteiger partial charge in [0.25, 0.3) is 0 Å². The third kappa shape index (κ3) is 1.91. The van der Waals surface area contributed by atoms with Gasteiger partial charge in [-0.25, -0.2) is 4.39 Å². The quantitative estimate of drug-likeness (QED) is 0.723. The van der Waals surface area contributed by atoms with E-state index in [1.165, 1.54) is 11.3 Å². The van der Waals surface area contributed by atoms with E-state index >= 15 is 0 Å². The van der Waals surface area contributed by atoms with Crippen LogP contribution in [0, 0.1) is 19.7 Å². The van der Waals surface area contributed by atoms with E-state index in [1.54, 1.807) is 32.0 Å². The molecule has 1 aromatic heterocycles. The first-order valence-electron chi connectivity index (χ1n) is 4.94. The van der Waals surface area contributed by atoms with E-state index < -0.39 is 0 Å². The van der Waals surface area contributed by atoms with Gasteiger partial charge in [0.1, 0.15) is 5.82 Å². The Morgan fingerprint density at radius 3 is 2.38 bits per heavy atom. The van der Waals surface area contributed by atoms with Crippen LogP contribution in [0.25, 0.3) is 0 Å². The number of rotatable bonds is 2. The smallest absolute Gasteiger partial charge is 0.202 e. The van der Waals surface area contributed by atoms with Crippen LogP contribution >= 0.6 is 11.3 Å². The molecule has 0 aliphatic heterocycles. The number of carbonyl (C=O) groups is 1. The van der Waals surface area contributed by atoms with Crippen molar-refractivity contribution in [1.82, 2.24) is 0 Å². The Morgan fingerprint density at radius 1 is 1.25 bits per heavy atom. The Morgan fingerprint density at radius 2 is 1.88 bits per heavy atom. The fourth-order valence-electron chi connectivity index (χ4n) is 1.63. The van der Waals surface area contributed by atoms with Gasteiger partial charge < -0.3 is 0 Å². The predicted octanol–water partition coefficient (Wildman–Crippen LogP) is 3.74. The van der Waals surface area contributed by atoms with Crippen molar-refractivity contribution in [3.05, 3.63) is 57.0 Å². The summed E-state index contributed by atoms with van der Waals surface area (Å²) >= 11 is 1.40. The van der Waals surface area contributed by atoms with E-state index in [4.69, 9.17) is 0 Å². The maximum Gasteiger partial charge on any atom is 0.202 e. The van der Waals surface area contributed by atoms with E-state index in [2.05, 4.69) is 0 Å². The molecule has 0 bridgehead atoms. The van der Waals surface area contributed by atoms with Crippen molar-refractivity contribution < 1.29 is 9.18 Å². The van der Waals surface area contributed by atoms with Crippen LogP contribution in [0.4, 0.5) is 4.39 Å². The van der Waals surface area contributed by atoms with E-state index in [0.29, 0.717) is 21.6 Å². The minimum absolute atomic E-state index is 0.0406. The van der Waals surface area contributed by atoms with Crippen molar-refractivity contribution in [1.29, 1.82) is 0 Å². The Kier molecular flexibility index (Phi) is 2.88. The Balaban J connectivity index is 2.46. The Bertz CT molecular complexity index is 506. The van der Waals surface area contributed by atoms with E-state index in [9.17, 15) is 9.18 Å². The van der Waals surface area contributed by atoms with Crippen molar-refractivity contribution in [2.24, 2.45) is 0 Å². The fourth-order valence-corrected chi connectivity index (χ4v) is 2.31. The van der Waals surface area contributed by atoms with Crippen LogP contribution in [-0.4, -0.2) is 5.78 Å². The standard InChI is InChI=1S/C13H11FOS/c1-8-6-10(7-9(2)12(8)14)13(15)11-4-3-5-16-11/h3-7H,1-2H3. The molecular formula is C13H11FOS. The lowest BCUT2D eigenvalue weighted by Crippen LogP contribution is -2.01. The summed E-state index contributed by atoms with van der Waals surface area (Å²) in [6, 6.07) is 6.82. The largest absolute Gasteiger partial charge is 0.288 e. The van der Waals surface area contributed by atoms with Crippen LogP contribution in [0.2, 0.25) is 0 Å². The van der Waals surface area contributed by atoms with Gasteiger partial charge in [-0.3, -0.25) is 4.79 Å². The van der Waals surface area contributed by atoms with E-state index in [1.807, 2.05) is 11.4 Å². The molecule has 1 aromatic carbocycles. The number of ketones is 1. The topological polar surface area (TPSA) is 17.1 Å². The lowest BCUT2D eigenvalue weighted by atomic mass is 10.0. The second-order valence-corrected chi connectivity index (χ2v) is 4.68. The monoisotopic (exact) mass is 234 g/mol. The zero-order chi connectivity index (χ0) is 11.7. The summed E-state index contributed by atoms with van der Waals surface area (Å²) in [6.45, 7) is 3.35. The van der Waals surface area contributed by atoms with Crippen molar-refractivity contribution in [2.45, 2.75) is 13.8 Å². The normalized spacial score (nSPS) is 10.4. The number of thiophene rings is 1. The third-order valence-electron chi connectivity index (χ3n) is 2.44. The molecule has 0 unspecified atom stereocenters. The van der Waals surface area contributed by atoms with Crippen LogP contribution in [0.1, 0.15) is 26.4 Å². The summed E-state index contributed by atoms with van der Waals surface area (Å²) in [5.41, 5.74) is 1.58. The molecule has 0 fully saturated rings. The van der Waals surface area contributed by atoms with Gasteiger partial charge in [-0.2, -0.15) is 0 Å². The van der Waals surface area contributed by atoms with Crippen molar-refractivity contribution in [3.63, 3.8) is 0 Å². The predicted molar refractivity (Wildman–Crippen MR) is 63.6 cm³/mol. The molecule has 1 nitrogen and oxygen atoms in total. The van der Waals surface area contributed by atoms with Crippen molar-refractivity contribution in [3.8, 4) is 0 Å². The third-order valence-corrected chi connectivity index (χ3v) is 3.31. The lowest BCUT2D eigenvalue weighted by molar-refractivity contribution is 0.104. The molecule has 0 N–H and O–H groups in total. The van der Waals surface area contributed by atoms with Crippen LogP contribution < -0.4 is 0 Å². The van der Waals surface area contributed by atoms with Crippen LogP contribution in [-0.2, 0) is 0 Å². The molecule has 0 aliphatic carbocycles. The summed E-state index contributed by atoms with van der Waals surface area (Å²) in [7, 11) is 0. The number of halogens is 1. The summed E-state index contributed by atoms with van der Waals surface area (Å²) < 4.78 is 13.4. The van der Waals surface area contributed by atoms with Gasteiger partial charge in [-0.05, 0) is 48.6 Å². The number of hydrogen-bond donors (Lipinski definition) is 0. The highest BCUT2D eigenvalue weighted by Crippen LogP contribution is 2.19. The number of benzene rings is 1. The zero-order valence-electron chi connectivity index (χ0n) is 9.08. The molecule has 0 saturated carbocycles. The van der Waals surface area contributed by atoms with Gasteiger partial charge in [0.15, 0.2) is 0 Å². The molecule has 2 rings (SSSR count). The van der Waals surface area contributed by atoms with Crippen LogP contribution in [0.3, 0.4) is 0 Å². The molecule has 0 aliphatic rings. The van der Waals surface area contributed by atoms with Gasteiger partial charge in [0.05, 0.1) is 4.88 Å². The molecular weight excluding hydrogens is 223 g/mol. The van der Waals surface area contributed by atoms with E-state index in [-0.39, 0.29) is 11.6 Å².